The number of benzene rings is 5. The lowest BCUT2D eigenvalue weighted by molar-refractivity contribution is 0.592. The van der Waals surface area contributed by atoms with Gasteiger partial charge < -0.3 is 4.57 Å². The maximum Gasteiger partial charge on any atom is 0.171 e. The van der Waals surface area contributed by atoms with E-state index >= 15 is 4.57 Å². The summed E-state index contributed by atoms with van der Waals surface area (Å²) in [6.45, 7) is 8.82. The van der Waals surface area contributed by atoms with Crippen LogP contribution in [0.4, 0.5) is 0 Å². The van der Waals surface area contributed by atoms with Crippen molar-refractivity contribution < 1.29 is 4.57 Å². The number of fused-ring (bicyclic) bond motifs is 3. The van der Waals surface area contributed by atoms with Crippen LogP contribution in [0.2, 0.25) is 0 Å². The summed E-state index contributed by atoms with van der Waals surface area (Å²) in [5.41, 5.74) is 12.8. The Morgan fingerprint density at radius 1 is 0.632 bits per heavy atom. The molecule has 6 rings (SSSR count). The van der Waals surface area contributed by atoms with Crippen LogP contribution in [0.5, 0.6) is 0 Å². The molecule has 1 nitrogen and oxygen atoms in total. The number of hydrogen-bond donors (Lipinski definition) is 0. The lowest BCUT2D eigenvalue weighted by Gasteiger charge is -2.26. The molecule has 0 heterocycles. The Balaban J connectivity index is 1.60. The van der Waals surface area contributed by atoms with E-state index < -0.39 is 7.14 Å². The van der Waals surface area contributed by atoms with E-state index in [0.29, 0.717) is 0 Å². The third-order valence-corrected chi connectivity index (χ3v) is 11.7. The molecule has 0 saturated heterocycles. The molecule has 1 unspecified atom stereocenters. The summed E-state index contributed by atoms with van der Waals surface area (Å²) in [4.78, 5) is 0. The fourth-order valence-corrected chi connectivity index (χ4v) is 9.34. The van der Waals surface area contributed by atoms with E-state index in [0.717, 1.165) is 34.3 Å². The second-order valence-electron chi connectivity index (χ2n) is 10.6. The van der Waals surface area contributed by atoms with Crippen LogP contribution in [0.3, 0.4) is 0 Å². The van der Waals surface area contributed by atoms with Gasteiger partial charge in [-0.15, -0.1) is 0 Å². The maximum absolute atomic E-state index is 15.8. The molecule has 2 heteroatoms. The molecule has 0 aromatic heterocycles. The van der Waals surface area contributed by atoms with Crippen molar-refractivity contribution in [2.75, 3.05) is 0 Å². The largest absolute Gasteiger partial charge is 0.309 e. The molecule has 38 heavy (non-hydrogen) atoms. The van der Waals surface area contributed by atoms with Crippen molar-refractivity contribution in [3.8, 4) is 11.1 Å². The van der Waals surface area contributed by atoms with Crippen LogP contribution in [0.15, 0.2) is 103 Å². The molecule has 0 fully saturated rings. The van der Waals surface area contributed by atoms with E-state index in [2.05, 4.69) is 94.4 Å². The predicted molar refractivity (Wildman–Crippen MR) is 162 cm³/mol. The summed E-state index contributed by atoms with van der Waals surface area (Å²) in [7, 11) is -3.17. The molecule has 1 atom stereocenters. The van der Waals surface area contributed by atoms with Gasteiger partial charge in [0.1, 0.15) is 0 Å². The lowest BCUT2D eigenvalue weighted by Crippen LogP contribution is -2.29. The van der Waals surface area contributed by atoms with E-state index in [1.807, 2.05) is 36.4 Å². The van der Waals surface area contributed by atoms with Gasteiger partial charge in [0.25, 0.3) is 0 Å². The molecule has 0 N–H and O–H groups in total. The van der Waals surface area contributed by atoms with Crippen molar-refractivity contribution in [3.05, 3.63) is 148 Å². The molecular formula is C36H33OP. The molecule has 0 radical (unpaired) electrons. The molecule has 1 aliphatic rings. The topological polar surface area (TPSA) is 17.1 Å². The Morgan fingerprint density at radius 2 is 1.24 bits per heavy atom. The van der Waals surface area contributed by atoms with Crippen molar-refractivity contribution in [3.63, 3.8) is 0 Å². The number of aryl methyl sites for hydroxylation is 2. The Labute approximate surface area is 226 Å². The number of rotatable bonds is 5. The van der Waals surface area contributed by atoms with E-state index in [1.54, 1.807) is 0 Å². The summed E-state index contributed by atoms with van der Waals surface area (Å²) in [5, 5.41) is 2.82. The van der Waals surface area contributed by atoms with Crippen molar-refractivity contribution >= 4 is 23.1 Å². The normalized spacial score (nSPS) is 13.6. The quantitative estimate of drug-likeness (QED) is 0.216. The second kappa shape index (κ2) is 9.57. The first-order valence-corrected chi connectivity index (χ1v) is 15.1. The van der Waals surface area contributed by atoms with Gasteiger partial charge in [0.2, 0.25) is 0 Å². The highest BCUT2D eigenvalue weighted by atomic mass is 31.2. The molecule has 0 bridgehead atoms. The second-order valence-corrected chi connectivity index (χ2v) is 13.3. The van der Waals surface area contributed by atoms with Gasteiger partial charge in [-0.25, -0.2) is 0 Å². The molecule has 0 saturated carbocycles. The zero-order valence-electron chi connectivity index (χ0n) is 22.6. The highest BCUT2D eigenvalue weighted by molar-refractivity contribution is 7.85. The minimum atomic E-state index is -3.17. The Hall–Kier alpha value is -3.67. The summed E-state index contributed by atoms with van der Waals surface area (Å²) < 4.78 is 15.8. The highest BCUT2D eigenvalue weighted by Gasteiger charge is 2.36. The van der Waals surface area contributed by atoms with E-state index in [9.17, 15) is 0 Å². The van der Waals surface area contributed by atoms with Crippen LogP contribution < -0.4 is 15.9 Å². The van der Waals surface area contributed by atoms with Gasteiger partial charge in [-0.3, -0.25) is 0 Å². The molecule has 1 aliphatic carbocycles. The molecule has 0 spiro atoms. The fraction of sp³-hybridized carbons (Fsp3) is 0.167. The first kappa shape index (κ1) is 24.7. The molecule has 5 aromatic rings. The van der Waals surface area contributed by atoms with Crippen LogP contribution in [0, 0.1) is 27.7 Å². The van der Waals surface area contributed by atoms with Gasteiger partial charge in [0.05, 0.1) is 0 Å². The zero-order valence-corrected chi connectivity index (χ0v) is 23.5. The summed E-state index contributed by atoms with van der Waals surface area (Å²) in [6.07, 6.45) is 1.58. The van der Waals surface area contributed by atoms with Gasteiger partial charge in [-0.2, -0.15) is 0 Å². The average Bonchev–Trinajstić information content (AvgIpc) is 3.33. The van der Waals surface area contributed by atoms with Crippen LogP contribution in [0.1, 0.15) is 44.5 Å². The van der Waals surface area contributed by atoms with Gasteiger partial charge in [0.15, 0.2) is 7.14 Å². The van der Waals surface area contributed by atoms with Crippen molar-refractivity contribution in [2.24, 2.45) is 0 Å². The number of hydrogen-bond acceptors (Lipinski definition) is 1. The highest BCUT2D eigenvalue weighted by Crippen LogP contribution is 2.48. The average molecular weight is 513 g/mol. The lowest BCUT2D eigenvalue weighted by atomic mass is 9.90. The molecule has 0 amide bonds. The molecular weight excluding hydrogens is 479 g/mol. The van der Waals surface area contributed by atoms with Crippen LogP contribution in [0.25, 0.3) is 11.1 Å². The van der Waals surface area contributed by atoms with E-state index in [-0.39, 0.29) is 0 Å². The fourth-order valence-electron chi connectivity index (χ4n) is 6.20. The molecule has 5 aromatic carbocycles. The third-order valence-electron chi connectivity index (χ3n) is 8.50. The predicted octanol–water partition coefficient (Wildman–Crippen LogP) is 7.72. The van der Waals surface area contributed by atoms with E-state index in [1.165, 1.54) is 50.1 Å². The van der Waals surface area contributed by atoms with E-state index in [4.69, 9.17) is 0 Å². The minimum Gasteiger partial charge on any atom is -0.309 e. The van der Waals surface area contributed by atoms with Crippen molar-refractivity contribution in [1.82, 2.24) is 0 Å². The molecule has 188 valence electrons. The smallest absolute Gasteiger partial charge is 0.171 e. The van der Waals surface area contributed by atoms with Crippen molar-refractivity contribution in [2.45, 2.75) is 40.5 Å². The maximum atomic E-state index is 15.8. The van der Waals surface area contributed by atoms with Gasteiger partial charge >= 0.3 is 0 Å². The summed E-state index contributed by atoms with van der Waals surface area (Å²) in [5.74, 6) is 0. The third kappa shape index (κ3) is 3.89. The van der Waals surface area contributed by atoms with Gasteiger partial charge in [-0.05, 0) is 96.2 Å². The Kier molecular flexibility index (Phi) is 6.21. The van der Waals surface area contributed by atoms with Crippen LogP contribution >= 0.6 is 7.14 Å². The van der Waals surface area contributed by atoms with Gasteiger partial charge in [-0.1, -0.05) is 103 Å². The minimum absolute atomic E-state index is 0.766. The standard InChI is InChI=1S/C36H33OP/c1-24-21-25(2)27(4)33(26(24)3)23-29-14-9-11-19-35(29)38(37,30-15-6-5-7-16-30)36-20-12-18-32-31-17-10-8-13-28(31)22-34(32)36/h5-21H,22-23H2,1-4H3. The summed E-state index contributed by atoms with van der Waals surface area (Å²) in [6, 6.07) is 35.8. The first-order valence-electron chi connectivity index (χ1n) is 13.4. The monoisotopic (exact) mass is 512 g/mol. The van der Waals surface area contributed by atoms with Crippen LogP contribution in [-0.2, 0) is 17.4 Å². The Morgan fingerprint density at radius 3 is 2.00 bits per heavy atom. The molecule has 0 aliphatic heterocycles. The summed E-state index contributed by atoms with van der Waals surface area (Å²) >= 11 is 0. The van der Waals surface area contributed by atoms with Crippen molar-refractivity contribution in [1.29, 1.82) is 0 Å². The van der Waals surface area contributed by atoms with Gasteiger partial charge in [0, 0.05) is 15.9 Å². The SMILES string of the molecule is Cc1cc(C)c(C)c(Cc2ccccc2P(=O)(c2ccccc2)c2cccc3c2Cc2ccccc2-3)c1C. The zero-order chi connectivity index (χ0) is 26.4. The Bertz CT molecular complexity index is 1700. The first-order chi connectivity index (χ1) is 18.4. The van der Waals surface area contributed by atoms with Crippen LogP contribution in [-0.4, -0.2) is 0 Å².